The van der Waals surface area contributed by atoms with Crippen molar-refractivity contribution < 1.29 is 14.3 Å². The van der Waals surface area contributed by atoms with E-state index in [9.17, 15) is 4.79 Å². The van der Waals surface area contributed by atoms with Crippen molar-refractivity contribution in [2.75, 3.05) is 26.7 Å². The molecular weight excluding hydrogens is 300 g/mol. The number of fused-ring (bicyclic) bond motifs is 4. The molecule has 1 aromatic carbocycles. The number of rotatable bonds is 3. The highest BCUT2D eigenvalue weighted by Gasteiger charge is 2.37. The zero-order valence-corrected chi connectivity index (χ0v) is 13.3. The minimum Gasteiger partial charge on any atom is -0.497 e. The van der Waals surface area contributed by atoms with Gasteiger partial charge in [-0.3, -0.25) is 4.90 Å². The van der Waals surface area contributed by atoms with Crippen LogP contribution in [0.2, 0.25) is 0 Å². The minimum absolute atomic E-state index is 0.0185. The van der Waals surface area contributed by atoms with Gasteiger partial charge in [-0.1, -0.05) is 0 Å². The number of aromatic nitrogens is 1. The summed E-state index contributed by atoms with van der Waals surface area (Å²) in [6.07, 6.45) is 2.28. The lowest BCUT2D eigenvalue weighted by Crippen LogP contribution is -2.51. The summed E-state index contributed by atoms with van der Waals surface area (Å²) in [5, 5.41) is 0.845. The maximum absolute atomic E-state index is 12.5. The van der Waals surface area contributed by atoms with Crippen molar-refractivity contribution in [2.24, 2.45) is 5.92 Å². The van der Waals surface area contributed by atoms with Gasteiger partial charge in [-0.2, -0.15) is 4.37 Å². The molecule has 3 aliphatic rings. The highest BCUT2D eigenvalue weighted by Crippen LogP contribution is 2.32. The third-order valence-electron chi connectivity index (χ3n) is 4.73. The predicted octanol–water partition coefficient (Wildman–Crippen LogP) is 2.56. The van der Waals surface area contributed by atoms with Crippen LogP contribution in [0.5, 0.6) is 5.75 Å². The summed E-state index contributed by atoms with van der Waals surface area (Å²) < 4.78 is 16.2. The number of carbonyl (C=O) groups excluding carboxylic acids is 1. The van der Waals surface area contributed by atoms with Gasteiger partial charge in [0.2, 0.25) is 0 Å². The lowest BCUT2D eigenvalue weighted by molar-refractivity contribution is -0.0457. The molecular formula is C16H18N2O3S. The van der Waals surface area contributed by atoms with Crippen LogP contribution in [0.3, 0.4) is 0 Å². The SMILES string of the molecule is COc1ccc2c(C(=O)O[C@@H]3CN4CCC3CC4)nsc2c1. The largest absolute Gasteiger partial charge is 0.497 e. The zero-order chi connectivity index (χ0) is 15.1. The Labute approximate surface area is 133 Å². The monoisotopic (exact) mass is 318 g/mol. The number of hydrogen-bond donors (Lipinski definition) is 0. The number of carbonyl (C=O) groups is 1. The molecule has 5 rings (SSSR count). The van der Waals surface area contributed by atoms with E-state index in [4.69, 9.17) is 9.47 Å². The Morgan fingerprint density at radius 2 is 2.18 bits per heavy atom. The van der Waals surface area contributed by atoms with Gasteiger partial charge in [0.1, 0.15) is 11.9 Å². The molecule has 3 aliphatic heterocycles. The molecule has 116 valence electrons. The number of ether oxygens (including phenoxy) is 2. The molecule has 4 heterocycles. The zero-order valence-electron chi connectivity index (χ0n) is 12.4. The molecule has 0 N–H and O–H groups in total. The van der Waals surface area contributed by atoms with Crippen LogP contribution in [-0.4, -0.2) is 48.1 Å². The highest BCUT2D eigenvalue weighted by molar-refractivity contribution is 7.13. The van der Waals surface area contributed by atoms with Gasteiger partial charge in [0.15, 0.2) is 5.69 Å². The Morgan fingerprint density at radius 3 is 2.86 bits per heavy atom. The first-order chi connectivity index (χ1) is 10.7. The molecule has 0 aliphatic carbocycles. The van der Waals surface area contributed by atoms with Gasteiger partial charge >= 0.3 is 5.97 Å². The second-order valence-electron chi connectivity index (χ2n) is 5.98. The molecule has 3 fully saturated rings. The first kappa shape index (κ1) is 14.0. The number of methoxy groups -OCH3 is 1. The number of esters is 1. The molecule has 2 aromatic rings. The molecule has 0 unspecified atom stereocenters. The van der Waals surface area contributed by atoms with E-state index in [0.717, 1.165) is 48.3 Å². The van der Waals surface area contributed by atoms with Gasteiger partial charge in [-0.15, -0.1) is 0 Å². The molecule has 0 saturated carbocycles. The normalized spacial score (nSPS) is 27.0. The van der Waals surface area contributed by atoms with E-state index in [1.54, 1.807) is 7.11 Å². The average Bonchev–Trinajstić information content (AvgIpc) is 2.99. The van der Waals surface area contributed by atoms with E-state index in [0.29, 0.717) is 11.6 Å². The Hall–Kier alpha value is -1.66. The minimum atomic E-state index is -0.296. The van der Waals surface area contributed by atoms with Crippen LogP contribution >= 0.6 is 11.5 Å². The molecule has 2 bridgehead atoms. The Kier molecular flexibility index (Phi) is 3.50. The van der Waals surface area contributed by atoms with Crippen molar-refractivity contribution in [1.29, 1.82) is 0 Å². The van der Waals surface area contributed by atoms with Crippen LogP contribution in [-0.2, 0) is 4.74 Å². The smallest absolute Gasteiger partial charge is 0.359 e. The lowest BCUT2D eigenvalue weighted by Gasteiger charge is -2.43. The van der Waals surface area contributed by atoms with Crippen LogP contribution in [0.4, 0.5) is 0 Å². The lowest BCUT2D eigenvalue weighted by atomic mass is 9.86. The Balaban J connectivity index is 1.55. The number of benzene rings is 1. The standard InChI is InChI=1S/C16H18N2O3S/c1-20-11-2-3-12-14(8-11)22-17-15(12)16(19)21-13-9-18-6-4-10(13)5-7-18/h2-3,8,10,13H,4-7,9H2,1H3/t13-/m1/s1. The maximum atomic E-state index is 12.5. The molecule has 22 heavy (non-hydrogen) atoms. The van der Waals surface area contributed by atoms with E-state index >= 15 is 0 Å². The fourth-order valence-corrected chi connectivity index (χ4v) is 4.22. The topological polar surface area (TPSA) is 51.7 Å². The van der Waals surface area contributed by atoms with E-state index in [2.05, 4.69) is 9.27 Å². The fraction of sp³-hybridized carbons (Fsp3) is 0.500. The molecule has 5 nitrogen and oxygen atoms in total. The number of hydrogen-bond acceptors (Lipinski definition) is 6. The summed E-state index contributed by atoms with van der Waals surface area (Å²) in [5.74, 6) is 0.988. The molecule has 1 atom stereocenters. The third kappa shape index (κ3) is 2.36. The van der Waals surface area contributed by atoms with Gasteiger partial charge in [0, 0.05) is 11.9 Å². The highest BCUT2D eigenvalue weighted by atomic mass is 32.1. The summed E-state index contributed by atoms with van der Waals surface area (Å²) in [4.78, 5) is 14.9. The van der Waals surface area contributed by atoms with E-state index in [-0.39, 0.29) is 12.1 Å². The molecule has 6 heteroatoms. The Bertz CT molecular complexity index is 706. The van der Waals surface area contributed by atoms with Crippen molar-refractivity contribution in [3.05, 3.63) is 23.9 Å². The van der Waals surface area contributed by atoms with Crippen molar-refractivity contribution in [1.82, 2.24) is 9.27 Å². The number of piperidine rings is 3. The summed E-state index contributed by atoms with van der Waals surface area (Å²) in [6.45, 7) is 3.14. The Morgan fingerprint density at radius 1 is 1.36 bits per heavy atom. The van der Waals surface area contributed by atoms with Crippen LogP contribution < -0.4 is 4.74 Å². The van der Waals surface area contributed by atoms with Gasteiger partial charge < -0.3 is 9.47 Å². The molecule has 0 amide bonds. The summed E-state index contributed by atoms with van der Waals surface area (Å²) in [6, 6.07) is 5.63. The van der Waals surface area contributed by atoms with Crippen LogP contribution in [0, 0.1) is 5.92 Å². The molecule has 0 radical (unpaired) electrons. The quantitative estimate of drug-likeness (QED) is 0.814. The van der Waals surface area contributed by atoms with Crippen molar-refractivity contribution in [3.63, 3.8) is 0 Å². The van der Waals surface area contributed by atoms with Crippen molar-refractivity contribution >= 4 is 27.6 Å². The van der Waals surface area contributed by atoms with Crippen LogP contribution in [0.1, 0.15) is 23.3 Å². The summed E-state index contributed by atoms with van der Waals surface area (Å²) >= 11 is 1.31. The second-order valence-corrected chi connectivity index (χ2v) is 6.78. The van der Waals surface area contributed by atoms with Gasteiger partial charge in [-0.25, -0.2) is 4.79 Å². The summed E-state index contributed by atoms with van der Waals surface area (Å²) in [7, 11) is 1.63. The molecule has 1 aromatic heterocycles. The first-order valence-electron chi connectivity index (χ1n) is 7.61. The van der Waals surface area contributed by atoms with Crippen LogP contribution in [0.25, 0.3) is 10.1 Å². The van der Waals surface area contributed by atoms with Gasteiger partial charge in [-0.05, 0) is 61.6 Å². The van der Waals surface area contributed by atoms with E-state index < -0.39 is 0 Å². The fourth-order valence-electron chi connectivity index (χ4n) is 3.43. The van der Waals surface area contributed by atoms with Gasteiger partial charge in [0.25, 0.3) is 0 Å². The average molecular weight is 318 g/mol. The van der Waals surface area contributed by atoms with Crippen molar-refractivity contribution in [3.8, 4) is 5.75 Å². The second kappa shape index (κ2) is 5.52. The van der Waals surface area contributed by atoms with Gasteiger partial charge in [0.05, 0.1) is 11.8 Å². The van der Waals surface area contributed by atoms with Crippen LogP contribution in [0.15, 0.2) is 18.2 Å². The third-order valence-corrected chi connectivity index (χ3v) is 5.54. The molecule has 3 saturated heterocycles. The predicted molar refractivity (Wildman–Crippen MR) is 84.5 cm³/mol. The summed E-state index contributed by atoms with van der Waals surface area (Å²) in [5.41, 5.74) is 0.430. The van der Waals surface area contributed by atoms with E-state index in [1.165, 1.54) is 11.5 Å². The molecule has 0 spiro atoms. The first-order valence-corrected chi connectivity index (χ1v) is 8.38. The van der Waals surface area contributed by atoms with E-state index in [1.807, 2.05) is 18.2 Å². The maximum Gasteiger partial charge on any atom is 0.359 e. The van der Waals surface area contributed by atoms with Crippen molar-refractivity contribution in [2.45, 2.75) is 18.9 Å². The number of nitrogens with zero attached hydrogens (tertiary/aromatic N) is 2.